The lowest BCUT2D eigenvalue weighted by Gasteiger charge is -2.42. The number of nitrogens with zero attached hydrogens (tertiary/aromatic N) is 4. The Balaban J connectivity index is 1.81. The summed E-state index contributed by atoms with van der Waals surface area (Å²) in [6.45, 7) is 7.71. The number of para-hydroxylation sites is 1. The van der Waals surface area contributed by atoms with Gasteiger partial charge in [0.05, 0.1) is 17.4 Å². The maximum Gasteiger partial charge on any atom is 0.240 e. The van der Waals surface area contributed by atoms with E-state index in [1.165, 1.54) is 0 Å². The molecular formula is C20H28N6O2. The molecular weight excluding hydrogens is 356 g/mol. The fourth-order valence-corrected chi connectivity index (χ4v) is 3.45. The first kappa shape index (κ1) is 19.9. The molecule has 2 aromatic rings. The molecule has 1 aliphatic heterocycles. The molecule has 28 heavy (non-hydrogen) atoms. The van der Waals surface area contributed by atoms with Crippen molar-refractivity contribution < 1.29 is 9.90 Å². The highest BCUT2D eigenvalue weighted by atomic mass is 16.3. The highest BCUT2D eigenvalue weighted by molar-refractivity contribution is 5.82. The zero-order valence-corrected chi connectivity index (χ0v) is 16.5. The molecule has 1 fully saturated rings. The first-order valence-corrected chi connectivity index (χ1v) is 9.52. The average Bonchev–Trinajstić information content (AvgIpc) is 2.67. The van der Waals surface area contributed by atoms with Crippen molar-refractivity contribution in [2.24, 2.45) is 11.7 Å². The molecule has 8 heteroatoms. The van der Waals surface area contributed by atoms with Gasteiger partial charge in [-0.05, 0) is 31.0 Å². The van der Waals surface area contributed by atoms with Crippen molar-refractivity contribution in [2.45, 2.75) is 32.9 Å². The Morgan fingerprint density at radius 2 is 1.96 bits per heavy atom. The van der Waals surface area contributed by atoms with Gasteiger partial charge in [-0.15, -0.1) is 10.2 Å². The number of piperazine rings is 1. The zero-order chi connectivity index (χ0) is 20.4. The van der Waals surface area contributed by atoms with Crippen molar-refractivity contribution in [1.82, 2.24) is 15.1 Å². The second kappa shape index (κ2) is 8.02. The summed E-state index contributed by atoms with van der Waals surface area (Å²) < 4.78 is 0. The minimum atomic E-state index is -0.491. The van der Waals surface area contributed by atoms with Crippen molar-refractivity contribution in [1.29, 1.82) is 0 Å². The zero-order valence-electron chi connectivity index (χ0n) is 16.5. The lowest BCUT2D eigenvalue weighted by molar-refractivity contribution is -0.136. The number of amides is 1. The summed E-state index contributed by atoms with van der Waals surface area (Å²) in [5.74, 6) is 0.542. The molecule has 0 bridgehead atoms. The number of carbonyl (C=O) groups excluding carboxylic acids is 1. The number of nitrogens with two attached hydrogens (primary N) is 2. The SMILES string of the molecule is CC(C)C(N)C(=O)N1CCN(c2cc(-c3ccccc3O)nnc2N)CC1C. The molecule has 1 aliphatic rings. The Labute approximate surface area is 165 Å². The molecule has 1 amide bonds. The van der Waals surface area contributed by atoms with Gasteiger partial charge in [0, 0.05) is 31.2 Å². The Morgan fingerprint density at radius 1 is 1.25 bits per heavy atom. The van der Waals surface area contributed by atoms with Crippen LogP contribution in [-0.4, -0.2) is 57.8 Å². The monoisotopic (exact) mass is 384 g/mol. The van der Waals surface area contributed by atoms with Gasteiger partial charge in [-0.25, -0.2) is 0 Å². The number of rotatable bonds is 4. The quantitative estimate of drug-likeness (QED) is 0.729. The summed E-state index contributed by atoms with van der Waals surface area (Å²) in [6, 6.07) is 8.31. The van der Waals surface area contributed by atoms with Crippen LogP contribution in [0.3, 0.4) is 0 Å². The normalized spacial score (nSPS) is 18.4. The second-order valence-corrected chi connectivity index (χ2v) is 7.61. The highest BCUT2D eigenvalue weighted by Gasteiger charge is 2.32. The van der Waals surface area contributed by atoms with Gasteiger partial charge in [0.2, 0.25) is 5.91 Å². The van der Waals surface area contributed by atoms with E-state index in [1.807, 2.05) is 37.8 Å². The molecule has 1 aromatic carbocycles. The number of aromatic nitrogens is 2. The summed E-state index contributed by atoms with van der Waals surface area (Å²) in [5.41, 5.74) is 14.0. The van der Waals surface area contributed by atoms with Gasteiger partial charge < -0.3 is 26.4 Å². The van der Waals surface area contributed by atoms with E-state index in [0.29, 0.717) is 36.7 Å². The van der Waals surface area contributed by atoms with Crippen LogP contribution in [0, 0.1) is 5.92 Å². The van der Waals surface area contributed by atoms with Crippen molar-refractivity contribution >= 4 is 17.4 Å². The molecule has 8 nitrogen and oxygen atoms in total. The van der Waals surface area contributed by atoms with Crippen LogP contribution in [0.1, 0.15) is 20.8 Å². The molecule has 0 spiro atoms. The molecule has 0 aliphatic carbocycles. The Kier molecular flexibility index (Phi) is 5.69. The van der Waals surface area contributed by atoms with Crippen LogP contribution in [0.2, 0.25) is 0 Å². The van der Waals surface area contributed by atoms with E-state index in [0.717, 1.165) is 5.69 Å². The molecule has 3 rings (SSSR count). The first-order valence-electron chi connectivity index (χ1n) is 9.52. The van der Waals surface area contributed by atoms with E-state index in [-0.39, 0.29) is 23.6 Å². The standard InChI is InChI=1S/C20H28N6O2/c1-12(2)18(21)20(28)26-9-8-25(11-13(26)3)16-10-15(23-24-19(16)22)14-6-4-5-7-17(14)27/h4-7,10,12-13,18,27H,8-9,11,21H2,1-3H3,(H2,22,24). The Bertz CT molecular complexity index is 856. The van der Waals surface area contributed by atoms with Crippen molar-refractivity contribution in [3.05, 3.63) is 30.3 Å². The highest BCUT2D eigenvalue weighted by Crippen LogP contribution is 2.32. The van der Waals surface area contributed by atoms with Crippen molar-refractivity contribution in [3.63, 3.8) is 0 Å². The van der Waals surface area contributed by atoms with E-state index in [4.69, 9.17) is 11.5 Å². The second-order valence-electron chi connectivity index (χ2n) is 7.61. The van der Waals surface area contributed by atoms with Crippen molar-refractivity contribution in [2.75, 3.05) is 30.3 Å². The number of phenols is 1. The average molecular weight is 384 g/mol. The topological polar surface area (TPSA) is 122 Å². The van der Waals surface area contributed by atoms with Gasteiger partial charge in [0.25, 0.3) is 0 Å². The molecule has 0 saturated carbocycles. The van der Waals surface area contributed by atoms with Crippen LogP contribution in [0.5, 0.6) is 5.75 Å². The van der Waals surface area contributed by atoms with E-state index in [9.17, 15) is 9.90 Å². The van der Waals surface area contributed by atoms with Gasteiger partial charge in [-0.1, -0.05) is 26.0 Å². The van der Waals surface area contributed by atoms with E-state index >= 15 is 0 Å². The van der Waals surface area contributed by atoms with E-state index < -0.39 is 6.04 Å². The van der Waals surface area contributed by atoms with Crippen LogP contribution >= 0.6 is 0 Å². The summed E-state index contributed by atoms with van der Waals surface area (Å²) >= 11 is 0. The largest absolute Gasteiger partial charge is 0.507 e. The van der Waals surface area contributed by atoms with Crippen LogP contribution in [0.15, 0.2) is 30.3 Å². The number of aromatic hydroxyl groups is 1. The predicted molar refractivity (Wildman–Crippen MR) is 110 cm³/mol. The first-order chi connectivity index (χ1) is 13.3. The van der Waals surface area contributed by atoms with Gasteiger partial charge in [0.1, 0.15) is 5.75 Å². The van der Waals surface area contributed by atoms with E-state index in [1.54, 1.807) is 18.2 Å². The summed E-state index contributed by atoms with van der Waals surface area (Å²) in [6.07, 6.45) is 0. The molecule has 2 atom stereocenters. The number of anilines is 2. The number of nitrogen functional groups attached to an aromatic ring is 1. The van der Waals surface area contributed by atoms with E-state index in [2.05, 4.69) is 15.1 Å². The number of hydrogen-bond donors (Lipinski definition) is 3. The van der Waals surface area contributed by atoms with Crippen LogP contribution in [0.25, 0.3) is 11.3 Å². The van der Waals surface area contributed by atoms with Gasteiger partial charge in [-0.2, -0.15) is 0 Å². The number of hydrogen-bond acceptors (Lipinski definition) is 7. The lowest BCUT2D eigenvalue weighted by atomic mass is 10.0. The fraction of sp³-hybridized carbons (Fsp3) is 0.450. The third-order valence-electron chi connectivity index (χ3n) is 5.24. The molecule has 5 N–H and O–H groups in total. The molecule has 2 heterocycles. The van der Waals surface area contributed by atoms with Gasteiger partial charge in [0.15, 0.2) is 5.82 Å². The molecule has 1 saturated heterocycles. The summed E-state index contributed by atoms with van der Waals surface area (Å²) in [7, 11) is 0. The van der Waals surface area contributed by atoms with Gasteiger partial charge in [-0.3, -0.25) is 4.79 Å². The minimum Gasteiger partial charge on any atom is -0.507 e. The van der Waals surface area contributed by atoms with Crippen molar-refractivity contribution in [3.8, 4) is 17.0 Å². The maximum absolute atomic E-state index is 12.6. The third kappa shape index (κ3) is 3.87. The Hall–Kier alpha value is -2.87. The fourth-order valence-electron chi connectivity index (χ4n) is 3.45. The summed E-state index contributed by atoms with van der Waals surface area (Å²) in [4.78, 5) is 16.6. The molecule has 0 radical (unpaired) electrons. The third-order valence-corrected chi connectivity index (χ3v) is 5.24. The minimum absolute atomic E-state index is 0.00723. The van der Waals surface area contributed by atoms with Crippen LogP contribution in [-0.2, 0) is 4.79 Å². The molecule has 150 valence electrons. The summed E-state index contributed by atoms with van der Waals surface area (Å²) in [5, 5.41) is 18.3. The van der Waals surface area contributed by atoms with Crippen LogP contribution < -0.4 is 16.4 Å². The van der Waals surface area contributed by atoms with Crippen LogP contribution in [0.4, 0.5) is 11.5 Å². The lowest BCUT2D eigenvalue weighted by Crippen LogP contribution is -2.58. The number of benzene rings is 1. The molecule has 1 aromatic heterocycles. The maximum atomic E-state index is 12.6. The Morgan fingerprint density at radius 3 is 2.61 bits per heavy atom. The number of carbonyl (C=O) groups is 1. The predicted octanol–water partition coefficient (Wildman–Crippen LogP) is 1.45. The smallest absolute Gasteiger partial charge is 0.240 e. The molecule has 2 unspecified atom stereocenters. The number of phenolic OH excluding ortho intramolecular Hbond substituents is 1. The van der Waals surface area contributed by atoms with Gasteiger partial charge >= 0.3 is 0 Å².